The van der Waals surface area contributed by atoms with Crippen LogP contribution in [0.25, 0.3) is 11.1 Å². The van der Waals surface area contributed by atoms with Crippen LogP contribution in [0.5, 0.6) is 5.75 Å². The van der Waals surface area contributed by atoms with E-state index in [1.165, 1.54) is 11.3 Å². The van der Waals surface area contributed by atoms with Crippen LogP contribution in [0.15, 0.2) is 65.4 Å². The average Bonchev–Trinajstić information content (AvgIpc) is 3.39. The number of hydrogen-bond donors (Lipinski definition) is 1. The summed E-state index contributed by atoms with van der Waals surface area (Å²) in [6.45, 7) is 6.00. The van der Waals surface area contributed by atoms with Gasteiger partial charge in [-0.15, -0.1) is 0 Å². The van der Waals surface area contributed by atoms with Crippen LogP contribution in [-0.2, 0) is 0 Å². The molecule has 0 spiro atoms. The van der Waals surface area contributed by atoms with Crippen LogP contribution in [0, 0.1) is 0 Å². The lowest BCUT2D eigenvalue weighted by molar-refractivity contribution is 0.0952. The molecule has 1 amide bonds. The molecular formula is C26H31N3O2S. The fraction of sp³-hybridized carbons (Fsp3) is 0.346. The normalized spacial score (nSPS) is 14.3. The third kappa shape index (κ3) is 5.90. The largest absolute Gasteiger partial charge is 0.497 e. The SMILES string of the molecule is COc1cccc(N2CCN(CCCCNC(=O)c3ccc(-c4ccsc4)cc3)CC2)c1. The van der Waals surface area contributed by atoms with E-state index >= 15 is 0 Å². The number of nitrogens with zero attached hydrogens (tertiary/aromatic N) is 2. The summed E-state index contributed by atoms with van der Waals surface area (Å²) in [4.78, 5) is 17.3. The Morgan fingerprint density at radius 1 is 1.00 bits per heavy atom. The Balaban J connectivity index is 1.12. The van der Waals surface area contributed by atoms with Gasteiger partial charge >= 0.3 is 0 Å². The number of carbonyl (C=O) groups excluding carboxylic acids is 1. The molecule has 2 aromatic carbocycles. The van der Waals surface area contributed by atoms with E-state index in [0.717, 1.165) is 69.0 Å². The molecule has 1 saturated heterocycles. The van der Waals surface area contributed by atoms with Crippen molar-refractivity contribution in [1.29, 1.82) is 0 Å². The Bertz CT molecular complexity index is 981. The first-order valence-corrected chi connectivity index (χ1v) is 12.2. The zero-order valence-electron chi connectivity index (χ0n) is 18.6. The lowest BCUT2D eigenvalue weighted by atomic mass is 10.1. The Morgan fingerprint density at radius 2 is 1.81 bits per heavy atom. The molecule has 3 aromatic rings. The summed E-state index contributed by atoms with van der Waals surface area (Å²) in [5.74, 6) is 0.916. The lowest BCUT2D eigenvalue weighted by Crippen LogP contribution is -2.46. The smallest absolute Gasteiger partial charge is 0.251 e. The van der Waals surface area contributed by atoms with Crippen LogP contribution >= 0.6 is 11.3 Å². The van der Waals surface area contributed by atoms with E-state index in [0.29, 0.717) is 0 Å². The minimum Gasteiger partial charge on any atom is -0.497 e. The van der Waals surface area contributed by atoms with Crippen molar-refractivity contribution in [2.24, 2.45) is 0 Å². The number of thiophene rings is 1. The molecule has 32 heavy (non-hydrogen) atoms. The molecular weight excluding hydrogens is 418 g/mol. The fourth-order valence-corrected chi connectivity index (χ4v) is 4.71. The zero-order valence-corrected chi connectivity index (χ0v) is 19.4. The highest BCUT2D eigenvalue weighted by atomic mass is 32.1. The van der Waals surface area contributed by atoms with Crippen LogP contribution in [0.2, 0.25) is 0 Å². The van der Waals surface area contributed by atoms with Crippen LogP contribution < -0.4 is 15.0 Å². The highest BCUT2D eigenvalue weighted by molar-refractivity contribution is 7.08. The maximum atomic E-state index is 12.4. The van der Waals surface area contributed by atoms with E-state index in [-0.39, 0.29) is 5.91 Å². The van der Waals surface area contributed by atoms with Gasteiger partial charge in [0.2, 0.25) is 0 Å². The summed E-state index contributed by atoms with van der Waals surface area (Å²) in [5, 5.41) is 7.24. The van der Waals surface area contributed by atoms with Gasteiger partial charge in [0.1, 0.15) is 5.75 Å². The summed E-state index contributed by atoms with van der Waals surface area (Å²) >= 11 is 1.68. The van der Waals surface area contributed by atoms with E-state index in [1.807, 2.05) is 36.4 Å². The number of piperazine rings is 1. The van der Waals surface area contributed by atoms with Crippen molar-refractivity contribution >= 4 is 22.9 Å². The number of carbonyl (C=O) groups is 1. The van der Waals surface area contributed by atoms with Crippen LogP contribution in [0.3, 0.4) is 0 Å². The highest BCUT2D eigenvalue weighted by Crippen LogP contribution is 2.23. The minimum absolute atomic E-state index is 0.00812. The second-order valence-corrected chi connectivity index (χ2v) is 8.86. The number of benzene rings is 2. The monoisotopic (exact) mass is 449 g/mol. The fourth-order valence-electron chi connectivity index (χ4n) is 4.04. The van der Waals surface area contributed by atoms with Gasteiger partial charge in [-0.3, -0.25) is 9.69 Å². The molecule has 6 heteroatoms. The van der Waals surface area contributed by atoms with Gasteiger partial charge in [0.05, 0.1) is 7.11 Å². The number of nitrogens with one attached hydrogen (secondary N) is 1. The number of ether oxygens (including phenoxy) is 1. The van der Waals surface area contributed by atoms with Gasteiger partial charge in [0.25, 0.3) is 5.91 Å². The molecule has 5 nitrogen and oxygen atoms in total. The van der Waals surface area contributed by atoms with E-state index < -0.39 is 0 Å². The summed E-state index contributed by atoms with van der Waals surface area (Å²) in [6, 6.07) is 18.2. The lowest BCUT2D eigenvalue weighted by Gasteiger charge is -2.36. The first-order valence-electron chi connectivity index (χ1n) is 11.2. The quantitative estimate of drug-likeness (QED) is 0.479. The molecule has 1 aliphatic heterocycles. The van der Waals surface area contributed by atoms with Gasteiger partial charge in [-0.1, -0.05) is 18.2 Å². The van der Waals surface area contributed by atoms with Gasteiger partial charge in [-0.05, 0) is 71.6 Å². The number of amides is 1. The molecule has 0 atom stereocenters. The standard InChI is InChI=1S/C26H31N3O2S/c1-31-25-6-4-5-24(19-25)29-16-14-28(15-17-29)13-3-2-12-27-26(30)22-9-7-21(8-10-22)23-11-18-32-20-23/h4-11,18-20H,2-3,12-17H2,1H3,(H,27,30). The summed E-state index contributed by atoms with van der Waals surface area (Å²) in [6.07, 6.45) is 2.09. The molecule has 0 aliphatic carbocycles. The Morgan fingerprint density at radius 3 is 2.53 bits per heavy atom. The van der Waals surface area contributed by atoms with Gasteiger partial charge in [-0.25, -0.2) is 0 Å². The van der Waals surface area contributed by atoms with Crippen molar-refractivity contribution in [3.05, 3.63) is 70.9 Å². The van der Waals surface area contributed by atoms with E-state index in [4.69, 9.17) is 4.74 Å². The van der Waals surface area contributed by atoms with E-state index in [2.05, 4.69) is 44.1 Å². The molecule has 1 aliphatic rings. The molecule has 4 rings (SSSR count). The van der Waals surface area contributed by atoms with E-state index in [1.54, 1.807) is 18.4 Å². The Kier molecular flexibility index (Phi) is 7.80. The van der Waals surface area contributed by atoms with Gasteiger partial charge < -0.3 is 15.0 Å². The molecule has 2 heterocycles. The van der Waals surface area contributed by atoms with Crippen LogP contribution in [0.1, 0.15) is 23.2 Å². The van der Waals surface area contributed by atoms with Crippen molar-refractivity contribution in [2.45, 2.75) is 12.8 Å². The van der Waals surface area contributed by atoms with Gasteiger partial charge in [0.15, 0.2) is 0 Å². The molecule has 0 bridgehead atoms. The van der Waals surface area contributed by atoms with E-state index in [9.17, 15) is 4.79 Å². The van der Waals surface area contributed by atoms with Gasteiger partial charge in [-0.2, -0.15) is 11.3 Å². The molecule has 0 saturated carbocycles. The molecule has 1 N–H and O–H groups in total. The molecule has 0 radical (unpaired) electrons. The molecule has 1 aromatic heterocycles. The van der Waals surface area contributed by atoms with Crippen molar-refractivity contribution in [3.8, 4) is 16.9 Å². The number of anilines is 1. The van der Waals surface area contributed by atoms with Gasteiger partial charge in [0, 0.05) is 50.0 Å². The molecule has 0 unspecified atom stereocenters. The van der Waals surface area contributed by atoms with Crippen LogP contribution in [0.4, 0.5) is 5.69 Å². The highest BCUT2D eigenvalue weighted by Gasteiger charge is 2.17. The van der Waals surface area contributed by atoms with Crippen molar-refractivity contribution in [1.82, 2.24) is 10.2 Å². The average molecular weight is 450 g/mol. The first kappa shape index (κ1) is 22.4. The summed E-state index contributed by atoms with van der Waals surface area (Å²) < 4.78 is 5.34. The van der Waals surface area contributed by atoms with Crippen molar-refractivity contribution in [3.63, 3.8) is 0 Å². The number of methoxy groups -OCH3 is 1. The third-order valence-electron chi connectivity index (χ3n) is 5.98. The predicted octanol–water partition coefficient (Wildman–Crippen LogP) is 4.76. The summed E-state index contributed by atoms with van der Waals surface area (Å²) in [7, 11) is 1.71. The maximum Gasteiger partial charge on any atom is 0.251 e. The Labute approximate surface area is 194 Å². The zero-order chi connectivity index (χ0) is 22.2. The van der Waals surface area contributed by atoms with Crippen molar-refractivity contribution in [2.75, 3.05) is 51.3 Å². The predicted molar refractivity (Wildman–Crippen MR) is 133 cm³/mol. The topological polar surface area (TPSA) is 44.8 Å². The second kappa shape index (κ2) is 11.2. The molecule has 1 fully saturated rings. The first-order chi connectivity index (χ1) is 15.7. The van der Waals surface area contributed by atoms with Crippen molar-refractivity contribution < 1.29 is 9.53 Å². The minimum atomic E-state index is 0.00812. The summed E-state index contributed by atoms with van der Waals surface area (Å²) in [5.41, 5.74) is 4.30. The Hall–Kier alpha value is -2.83. The number of rotatable bonds is 9. The maximum absolute atomic E-state index is 12.4. The second-order valence-electron chi connectivity index (χ2n) is 8.08. The number of hydrogen-bond acceptors (Lipinski definition) is 5. The number of unbranched alkanes of at least 4 members (excludes halogenated alkanes) is 1. The molecule has 168 valence electrons. The van der Waals surface area contributed by atoms with Crippen LogP contribution in [-0.4, -0.2) is 57.2 Å². The third-order valence-corrected chi connectivity index (χ3v) is 6.66.